The molecule has 0 N–H and O–H groups in total. The first-order valence-corrected chi connectivity index (χ1v) is 16.5. The Morgan fingerprint density at radius 1 is 0.458 bits per heavy atom. The Balaban J connectivity index is 1.34. The van der Waals surface area contributed by atoms with Crippen LogP contribution in [0.15, 0.2) is 163 Å². The highest BCUT2D eigenvalue weighted by Gasteiger charge is 2.20. The van der Waals surface area contributed by atoms with Crippen molar-refractivity contribution in [1.29, 1.82) is 0 Å². The summed E-state index contributed by atoms with van der Waals surface area (Å²) in [5.74, 6) is 0.830. The van der Waals surface area contributed by atoms with Gasteiger partial charge in [0.25, 0.3) is 0 Å². The van der Waals surface area contributed by atoms with E-state index in [9.17, 15) is 0 Å². The largest absolute Gasteiger partial charge is 0.455 e. The molecule has 9 aromatic rings. The SMILES string of the molecule is C=Cc1c(/C=C\C)oc2c(-c3cccc(-c4c5ccccc5c(-c5ccc6ccccc6c5)c5ccccc45)c3)c3ccccc3cc12. The molecule has 0 saturated carbocycles. The molecule has 226 valence electrons. The molecular weight excluding hydrogens is 581 g/mol. The molecule has 0 aliphatic heterocycles. The maximum absolute atomic E-state index is 6.65. The molecule has 0 amide bonds. The van der Waals surface area contributed by atoms with Gasteiger partial charge in [-0.3, -0.25) is 0 Å². The van der Waals surface area contributed by atoms with Crippen LogP contribution in [0, 0.1) is 0 Å². The summed E-state index contributed by atoms with van der Waals surface area (Å²) in [4.78, 5) is 0. The summed E-state index contributed by atoms with van der Waals surface area (Å²) in [6, 6.07) is 53.0. The van der Waals surface area contributed by atoms with Crippen molar-refractivity contribution in [1.82, 2.24) is 0 Å². The van der Waals surface area contributed by atoms with Crippen LogP contribution in [0.3, 0.4) is 0 Å². The monoisotopic (exact) mass is 612 g/mol. The first kappa shape index (κ1) is 28.1. The minimum Gasteiger partial charge on any atom is -0.455 e. The predicted molar refractivity (Wildman–Crippen MR) is 207 cm³/mol. The lowest BCUT2D eigenvalue weighted by molar-refractivity contribution is 0.604. The summed E-state index contributed by atoms with van der Waals surface area (Å²) >= 11 is 0. The van der Waals surface area contributed by atoms with Gasteiger partial charge in [-0.25, -0.2) is 0 Å². The molecule has 0 fully saturated rings. The van der Waals surface area contributed by atoms with Crippen LogP contribution in [0.2, 0.25) is 0 Å². The van der Waals surface area contributed by atoms with Crippen molar-refractivity contribution in [2.75, 3.05) is 0 Å². The molecule has 0 unspecified atom stereocenters. The standard InChI is InChI=1S/C47H32O/c1-3-14-43-36(4-2)42-29-32-17-7-8-20-37(32)46(47(42)48-43)34-19-13-18-33(28-34)44-38-21-9-11-23-40(38)45(41-24-12-10-22-39(41)44)35-26-25-30-15-5-6-16-31(30)27-35/h3-29H,2H2,1H3/b14-3-. The van der Waals surface area contributed by atoms with Gasteiger partial charge in [0.1, 0.15) is 11.3 Å². The number of furan rings is 1. The van der Waals surface area contributed by atoms with Crippen molar-refractivity contribution in [2.24, 2.45) is 0 Å². The average Bonchev–Trinajstić information content (AvgIpc) is 3.48. The molecular formula is C47H32O. The van der Waals surface area contributed by atoms with Gasteiger partial charge in [0.15, 0.2) is 0 Å². The molecule has 0 saturated heterocycles. The zero-order chi connectivity index (χ0) is 32.2. The van der Waals surface area contributed by atoms with Gasteiger partial charge in [-0.05, 0) is 102 Å². The fourth-order valence-electron chi connectivity index (χ4n) is 7.63. The molecule has 1 heterocycles. The lowest BCUT2D eigenvalue weighted by atomic mass is 9.85. The Morgan fingerprint density at radius 3 is 1.62 bits per heavy atom. The van der Waals surface area contributed by atoms with Crippen molar-refractivity contribution in [3.05, 3.63) is 170 Å². The minimum atomic E-state index is 0.830. The molecule has 0 aliphatic rings. The quantitative estimate of drug-likeness (QED) is 0.176. The summed E-state index contributed by atoms with van der Waals surface area (Å²) in [5, 5.41) is 10.9. The van der Waals surface area contributed by atoms with Crippen LogP contribution in [0.25, 0.3) is 99.6 Å². The van der Waals surface area contributed by atoms with Crippen LogP contribution in [0.1, 0.15) is 18.2 Å². The smallest absolute Gasteiger partial charge is 0.143 e. The topological polar surface area (TPSA) is 13.1 Å². The first-order valence-electron chi connectivity index (χ1n) is 16.5. The van der Waals surface area contributed by atoms with E-state index >= 15 is 0 Å². The highest BCUT2D eigenvalue weighted by atomic mass is 16.3. The van der Waals surface area contributed by atoms with Crippen molar-refractivity contribution in [3.8, 4) is 33.4 Å². The van der Waals surface area contributed by atoms with Crippen LogP contribution in [-0.2, 0) is 0 Å². The minimum absolute atomic E-state index is 0.830. The third kappa shape index (κ3) is 4.32. The molecule has 0 bridgehead atoms. The third-order valence-corrected chi connectivity index (χ3v) is 9.70. The fraction of sp³-hybridized carbons (Fsp3) is 0.0213. The Kier molecular flexibility index (Phi) is 6.59. The molecule has 48 heavy (non-hydrogen) atoms. The van der Waals surface area contributed by atoms with Gasteiger partial charge in [-0.2, -0.15) is 0 Å². The number of benzene rings is 8. The maximum Gasteiger partial charge on any atom is 0.143 e. The van der Waals surface area contributed by atoms with E-state index in [0.717, 1.165) is 33.4 Å². The maximum atomic E-state index is 6.65. The Hall–Kier alpha value is -6.18. The highest BCUT2D eigenvalue weighted by Crippen LogP contribution is 2.46. The molecule has 1 aromatic heterocycles. The predicted octanol–water partition coefficient (Wildman–Crippen LogP) is 13.7. The second-order valence-electron chi connectivity index (χ2n) is 12.4. The summed E-state index contributed by atoms with van der Waals surface area (Å²) in [5.41, 5.74) is 9.05. The van der Waals surface area contributed by atoms with Crippen molar-refractivity contribution >= 4 is 66.2 Å². The van der Waals surface area contributed by atoms with Crippen LogP contribution in [-0.4, -0.2) is 0 Å². The zero-order valence-corrected chi connectivity index (χ0v) is 26.7. The summed E-state index contributed by atoms with van der Waals surface area (Å²) in [6.07, 6.45) is 5.95. The Morgan fingerprint density at radius 2 is 1.00 bits per heavy atom. The summed E-state index contributed by atoms with van der Waals surface area (Å²) in [6.45, 7) is 6.15. The Bertz CT molecular complexity index is 2700. The lowest BCUT2D eigenvalue weighted by Crippen LogP contribution is -1.91. The fourth-order valence-corrected chi connectivity index (χ4v) is 7.63. The molecule has 1 nitrogen and oxygen atoms in total. The zero-order valence-electron chi connectivity index (χ0n) is 26.7. The van der Waals surface area contributed by atoms with Gasteiger partial charge in [-0.15, -0.1) is 0 Å². The van der Waals surface area contributed by atoms with Crippen LogP contribution in [0.4, 0.5) is 0 Å². The number of fused-ring (bicyclic) bond motifs is 5. The van der Waals surface area contributed by atoms with Crippen LogP contribution >= 0.6 is 0 Å². The molecule has 0 spiro atoms. The van der Waals surface area contributed by atoms with Gasteiger partial charge < -0.3 is 4.42 Å². The van der Waals surface area contributed by atoms with Gasteiger partial charge in [0.2, 0.25) is 0 Å². The average molecular weight is 613 g/mol. The first-order chi connectivity index (χ1) is 23.7. The van der Waals surface area contributed by atoms with Crippen LogP contribution in [0.5, 0.6) is 0 Å². The van der Waals surface area contributed by atoms with E-state index in [1.807, 2.05) is 25.2 Å². The van der Waals surface area contributed by atoms with E-state index in [1.54, 1.807) is 0 Å². The number of hydrogen-bond donors (Lipinski definition) is 0. The summed E-state index contributed by atoms with van der Waals surface area (Å²) in [7, 11) is 0. The number of allylic oxidation sites excluding steroid dienone is 1. The van der Waals surface area contributed by atoms with E-state index in [1.165, 1.54) is 65.3 Å². The van der Waals surface area contributed by atoms with Gasteiger partial charge in [0, 0.05) is 16.5 Å². The molecule has 0 atom stereocenters. The molecule has 0 aliphatic carbocycles. The second-order valence-corrected chi connectivity index (χ2v) is 12.4. The van der Waals surface area contributed by atoms with Crippen molar-refractivity contribution in [3.63, 3.8) is 0 Å². The normalized spacial score (nSPS) is 11.9. The molecule has 1 heteroatoms. The summed E-state index contributed by atoms with van der Waals surface area (Å²) < 4.78 is 6.65. The molecule has 9 rings (SSSR count). The Labute approximate surface area is 279 Å². The van der Waals surface area contributed by atoms with E-state index in [2.05, 4.69) is 152 Å². The lowest BCUT2D eigenvalue weighted by Gasteiger charge is -2.18. The third-order valence-electron chi connectivity index (χ3n) is 9.70. The second kappa shape index (κ2) is 11.3. The highest BCUT2D eigenvalue weighted by molar-refractivity contribution is 6.22. The van der Waals surface area contributed by atoms with Gasteiger partial charge in [0.05, 0.1) is 0 Å². The number of hydrogen-bond acceptors (Lipinski definition) is 1. The molecule has 0 radical (unpaired) electrons. The van der Waals surface area contributed by atoms with Crippen LogP contribution < -0.4 is 0 Å². The van der Waals surface area contributed by atoms with Gasteiger partial charge in [-0.1, -0.05) is 146 Å². The number of rotatable bonds is 5. The van der Waals surface area contributed by atoms with E-state index in [0.29, 0.717) is 0 Å². The van der Waals surface area contributed by atoms with Crippen molar-refractivity contribution < 1.29 is 4.42 Å². The van der Waals surface area contributed by atoms with E-state index in [4.69, 9.17) is 4.42 Å². The van der Waals surface area contributed by atoms with E-state index in [-0.39, 0.29) is 0 Å². The molecule has 8 aromatic carbocycles. The van der Waals surface area contributed by atoms with Gasteiger partial charge >= 0.3 is 0 Å². The van der Waals surface area contributed by atoms with E-state index < -0.39 is 0 Å². The van der Waals surface area contributed by atoms with Crippen molar-refractivity contribution in [2.45, 2.75) is 6.92 Å².